The van der Waals surface area contributed by atoms with Crippen LogP contribution >= 0.6 is 11.6 Å². The molecule has 18 heavy (non-hydrogen) atoms. The topological polar surface area (TPSA) is 46.2 Å². The van der Waals surface area contributed by atoms with E-state index in [-0.39, 0.29) is 5.25 Å². The van der Waals surface area contributed by atoms with Gasteiger partial charge in [-0.25, -0.2) is 8.42 Å². The highest BCUT2D eigenvalue weighted by atomic mass is 35.5. The summed E-state index contributed by atoms with van der Waals surface area (Å²) in [5.41, 5.74) is 0. The molecule has 0 radical (unpaired) electrons. The van der Waals surface area contributed by atoms with Crippen molar-refractivity contribution in [2.75, 3.05) is 7.05 Å². The Bertz CT molecular complexity index is 515. The second-order valence-electron chi connectivity index (χ2n) is 4.78. The number of rotatable bonds is 3. The molecule has 2 atom stereocenters. The lowest BCUT2D eigenvalue weighted by Gasteiger charge is -2.28. The van der Waals surface area contributed by atoms with Crippen LogP contribution in [0.5, 0.6) is 0 Å². The number of nitrogens with one attached hydrogen (secondary N) is 1. The van der Waals surface area contributed by atoms with Crippen molar-refractivity contribution in [3.05, 3.63) is 29.3 Å². The van der Waals surface area contributed by atoms with Crippen LogP contribution in [0.2, 0.25) is 5.02 Å². The third-order valence-corrected chi connectivity index (χ3v) is 6.05. The van der Waals surface area contributed by atoms with Crippen molar-refractivity contribution in [1.82, 2.24) is 5.32 Å². The average molecular weight is 288 g/mol. The quantitative estimate of drug-likeness (QED) is 0.930. The van der Waals surface area contributed by atoms with Crippen LogP contribution in [0.25, 0.3) is 0 Å². The van der Waals surface area contributed by atoms with Gasteiger partial charge in [-0.15, -0.1) is 0 Å². The summed E-state index contributed by atoms with van der Waals surface area (Å²) in [6.07, 6.45) is 3.44. The Morgan fingerprint density at radius 3 is 2.78 bits per heavy atom. The van der Waals surface area contributed by atoms with Gasteiger partial charge in [0.05, 0.1) is 10.1 Å². The predicted molar refractivity (Wildman–Crippen MR) is 73.7 cm³/mol. The molecule has 2 unspecified atom stereocenters. The summed E-state index contributed by atoms with van der Waals surface area (Å²) in [5, 5.41) is 3.36. The molecule has 1 fully saturated rings. The van der Waals surface area contributed by atoms with Gasteiger partial charge in [-0.2, -0.15) is 0 Å². The summed E-state index contributed by atoms with van der Waals surface area (Å²) in [4.78, 5) is 0.344. The lowest BCUT2D eigenvalue weighted by molar-refractivity contribution is 0.391. The summed E-state index contributed by atoms with van der Waals surface area (Å²) in [6.45, 7) is 0. The SMILES string of the molecule is CNC1CCCC(S(=O)(=O)c2cccc(Cl)c2)C1. The van der Waals surface area contributed by atoms with Gasteiger partial charge < -0.3 is 5.32 Å². The fourth-order valence-corrected chi connectivity index (χ4v) is 4.69. The number of halogens is 1. The van der Waals surface area contributed by atoms with Gasteiger partial charge in [-0.05, 0) is 44.5 Å². The van der Waals surface area contributed by atoms with E-state index in [0.717, 1.165) is 19.3 Å². The largest absolute Gasteiger partial charge is 0.317 e. The van der Waals surface area contributed by atoms with E-state index in [2.05, 4.69) is 5.32 Å². The van der Waals surface area contributed by atoms with Gasteiger partial charge in [-0.3, -0.25) is 0 Å². The smallest absolute Gasteiger partial charge is 0.181 e. The lowest BCUT2D eigenvalue weighted by atomic mass is 9.95. The van der Waals surface area contributed by atoms with Crippen molar-refractivity contribution < 1.29 is 8.42 Å². The second kappa shape index (κ2) is 5.59. The number of hydrogen-bond donors (Lipinski definition) is 1. The molecule has 100 valence electrons. The molecule has 0 aromatic heterocycles. The minimum absolute atomic E-state index is 0.290. The number of hydrogen-bond acceptors (Lipinski definition) is 3. The maximum absolute atomic E-state index is 12.5. The third kappa shape index (κ3) is 2.87. The van der Waals surface area contributed by atoms with Crippen LogP contribution in [0.4, 0.5) is 0 Å². The van der Waals surface area contributed by atoms with E-state index in [4.69, 9.17) is 11.6 Å². The van der Waals surface area contributed by atoms with Crippen molar-refractivity contribution in [2.45, 2.75) is 41.9 Å². The molecule has 1 N–H and O–H groups in total. The molecule has 5 heteroatoms. The first-order chi connectivity index (χ1) is 8.54. The molecule has 0 heterocycles. The van der Waals surface area contributed by atoms with Crippen molar-refractivity contribution in [3.8, 4) is 0 Å². The van der Waals surface area contributed by atoms with E-state index in [1.807, 2.05) is 7.05 Å². The fraction of sp³-hybridized carbons (Fsp3) is 0.538. The first-order valence-electron chi connectivity index (χ1n) is 6.21. The van der Waals surface area contributed by atoms with Gasteiger partial charge in [0.1, 0.15) is 0 Å². The van der Waals surface area contributed by atoms with E-state index in [1.54, 1.807) is 24.3 Å². The molecule has 1 aromatic carbocycles. The van der Waals surface area contributed by atoms with Gasteiger partial charge in [0.15, 0.2) is 9.84 Å². The van der Waals surface area contributed by atoms with Crippen molar-refractivity contribution in [1.29, 1.82) is 0 Å². The first kappa shape index (κ1) is 13.8. The monoisotopic (exact) mass is 287 g/mol. The van der Waals surface area contributed by atoms with Gasteiger partial charge in [-0.1, -0.05) is 24.1 Å². The molecule has 0 spiro atoms. The molecule has 0 aliphatic heterocycles. The fourth-order valence-electron chi connectivity index (χ4n) is 2.53. The zero-order valence-electron chi connectivity index (χ0n) is 10.4. The van der Waals surface area contributed by atoms with E-state index < -0.39 is 9.84 Å². The molecule has 1 aliphatic rings. The standard InChI is InChI=1S/C13H18ClNO2S/c1-15-11-5-3-7-13(9-11)18(16,17)12-6-2-4-10(14)8-12/h2,4,6,8,11,13,15H,3,5,7,9H2,1H3. The minimum Gasteiger partial charge on any atom is -0.317 e. The highest BCUT2D eigenvalue weighted by molar-refractivity contribution is 7.92. The van der Waals surface area contributed by atoms with Crippen LogP contribution < -0.4 is 5.32 Å². The highest BCUT2D eigenvalue weighted by Gasteiger charge is 2.32. The van der Waals surface area contributed by atoms with Crippen molar-refractivity contribution in [2.24, 2.45) is 0 Å². The molecule has 2 rings (SSSR count). The van der Waals surface area contributed by atoms with Crippen LogP contribution in [-0.2, 0) is 9.84 Å². The number of sulfone groups is 1. The van der Waals surface area contributed by atoms with Crippen molar-refractivity contribution >= 4 is 21.4 Å². The summed E-state index contributed by atoms with van der Waals surface area (Å²) >= 11 is 5.87. The van der Waals surface area contributed by atoms with E-state index in [0.29, 0.717) is 22.4 Å². The predicted octanol–water partition coefficient (Wildman–Crippen LogP) is 2.64. The normalized spacial score (nSPS) is 25.0. The Labute approximate surface area is 113 Å². The van der Waals surface area contributed by atoms with Crippen LogP contribution in [0.1, 0.15) is 25.7 Å². The van der Waals surface area contributed by atoms with Crippen LogP contribution in [0.15, 0.2) is 29.2 Å². The molecule has 1 saturated carbocycles. The van der Waals surface area contributed by atoms with Crippen LogP contribution in [-0.4, -0.2) is 26.8 Å². The van der Waals surface area contributed by atoms with Gasteiger partial charge in [0, 0.05) is 11.1 Å². The maximum atomic E-state index is 12.5. The Kier molecular flexibility index (Phi) is 4.30. The van der Waals surface area contributed by atoms with Crippen LogP contribution in [0.3, 0.4) is 0 Å². The summed E-state index contributed by atoms with van der Waals surface area (Å²) in [5.74, 6) is 0. The average Bonchev–Trinajstić information content (AvgIpc) is 2.39. The molecule has 1 aromatic rings. The van der Waals surface area contributed by atoms with Gasteiger partial charge in [0.25, 0.3) is 0 Å². The molecular weight excluding hydrogens is 270 g/mol. The van der Waals surface area contributed by atoms with Gasteiger partial charge >= 0.3 is 0 Å². The van der Waals surface area contributed by atoms with E-state index >= 15 is 0 Å². The Balaban J connectivity index is 2.25. The van der Waals surface area contributed by atoms with E-state index in [9.17, 15) is 8.42 Å². The summed E-state index contributed by atoms with van der Waals surface area (Å²) in [7, 11) is -1.36. The summed E-state index contributed by atoms with van der Waals surface area (Å²) < 4.78 is 25.0. The molecule has 0 saturated heterocycles. The van der Waals surface area contributed by atoms with Crippen molar-refractivity contribution in [3.63, 3.8) is 0 Å². The molecule has 1 aliphatic carbocycles. The second-order valence-corrected chi connectivity index (χ2v) is 7.44. The summed E-state index contributed by atoms with van der Waals surface area (Å²) in [6, 6.07) is 6.85. The van der Waals surface area contributed by atoms with Gasteiger partial charge in [0.2, 0.25) is 0 Å². The molecular formula is C13H18ClNO2S. The Hall–Kier alpha value is -0.580. The molecule has 0 amide bonds. The number of benzene rings is 1. The lowest BCUT2D eigenvalue weighted by Crippen LogP contribution is -2.37. The Morgan fingerprint density at radius 2 is 2.11 bits per heavy atom. The highest BCUT2D eigenvalue weighted by Crippen LogP contribution is 2.29. The molecule has 3 nitrogen and oxygen atoms in total. The Morgan fingerprint density at radius 1 is 1.33 bits per heavy atom. The van der Waals surface area contributed by atoms with E-state index in [1.165, 1.54) is 0 Å². The molecule has 0 bridgehead atoms. The minimum atomic E-state index is -3.25. The zero-order chi connectivity index (χ0) is 13.2. The van der Waals surface area contributed by atoms with Crippen LogP contribution in [0, 0.1) is 0 Å². The zero-order valence-corrected chi connectivity index (χ0v) is 12.0. The maximum Gasteiger partial charge on any atom is 0.181 e. The first-order valence-corrected chi connectivity index (χ1v) is 8.13. The third-order valence-electron chi connectivity index (χ3n) is 3.60.